The lowest BCUT2D eigenvalue weighted by Crippen LogP contribution is -2.12. The van der Waals surface area contributed by atoms with Crippen molar-refractivity contribution >= 4 is 33.5 Å². The minimum atomic E-state index is -0.154. The largest absolute Gasteiger partial charge is 0.321 e. The van der Waals surface area contributed by atoms with E-state index in [9.17, 15) is 4.79 Å². The summed E-state index contributed by atoms with van der Waals surface area (Å²) in [7, 11) is 0. The van der Waals surface area contributed by atoms with Crippen LogP contribution in [0.5, 0.6) is 0 Å². The molecule has 2 aromatic heterocycles. The normalized spacial score (nSPS) is 11.0. The highest BCUT2D eigenvalue weighted by atomic mass is 16.1. The summed E-state index contributed by atoms with van der Waals surface area (Å²) in [5.41, 5.74) is 5.09. The van der Waals surface area contributed by atoms with Crippen molar-refractivity contribution in [3.63, 3.8) is 0 Å². The van der Waals surface area contributed by atoms with Crippen molar-refractivity contribution in [2.45, 2.75) is 6.54 Å². The lowest BCUT2D eigenvalue weighted by atomic mass is 10.1. The number of hydrogen-bond donors (Lipinski definition) is 1. The average Bonchev–Trinajstić information content (AvgIpc) is 3.17. The van der Waals surface area contributed by atoms with E-state index < -0.39 is 0 Å². The van der Waals surface area contributed by atoms with Crippen molar-refractivity contribution in [2.75, 3.05) is 5.32 Å². The lowest BCUT2D eigenvalue weighted by Gasteiger charge is -2.09. The summed E-state index contributed by atoms with van der Waals surface area (Å²) in [6.07, 6.45) is 1.74. The number of carbonyl (C=O) groups is 1. The summed E-state index contributed by atoms with van der Waals surface area (Å²) in [5.74, 6) is -0.154. The standard InChI is InChI=1S/C23H17N5O/c29-23(25-20-8-3-7-19-18(20)5-4-14-24-19)17-12-10-16(11-13-17)15-28-22-9-2-1-6-21(22)26-27-28/h1-14H,15H2,(H,25,29). The molecule has 0 unspecified atom stereocenters. The number of rotatable bonds is 4. The smallest absolute Gasteiger partial charge is 0.255 e. The maximum atomic E-state index is 12.7. The molecule has 0 bridgehead atoms. The topological polar surface area (TPSA) is 72.7 Å². The van der Waals surface area contributed by atoms with Gasteiger partial charge in [0.25, 0.3) is 5.91 Å². The average molecular weight is 379 g/mol. The maximum Gasteiger partial charge on any atom is 0.255 e. The highest BCUT2D eigenvalue weighted by molar-refractivity contribution is 6.08. The Morgan fingerprint density at radius 1 is 0.862 bits per heavy atom. The molecule has 2 heterocycles. The first-order valence-electron chi connectivity index (χ1n) is 9.30. The monoisotopic (exact) mass is 379 g/mol. The Kier molecular flexibility index (Phi) is 4.22. The van der Waals surface area contributed by atoms with Gasteiger partial charge < -0.3 is 5.32 Å². The van der Waals surface area contributed by atoms with Crippen LogP contribution in [0.1, 0.15) is 15.9 Å². The Morgan fingerprint density at radius 3 is 2.59 bits per heavy atom. The van der Waals surface area contributed by atoms with Crippen LogP contribution in [0.3, 0.4) is 0 Å². The van der Waals surface area contributed by atoms with Crippen LogP contribution in [0.15, 0.2) is 85.1 Å². The summed E-state index contributed by atoms with van der Waals surface area (Å²) < 4.78 is 1.85. The molecule has 6 heteroatoms. The predicted octanol–water partition coefficient (Wildman–Crippen LogP) is 4.28. The molecule has 5 rings (SSSR count). The molecule has 0 aliphatic carbocycles. The third-order valence-electron chi connectivity index (χ3n) is 4.86. The first-order chi connectivity index (χ1) is 14.3. The number of para-hydroxylation sites is 1. The second-order valence-corrected chi connectivity index (χ2v) is 6.76. The van der Waals surface area contributed by atoms with Gasteiger partial charge in [0.15, 0.2) is 0 Å². The van der Waals surface area contributed by atoms with Gasteiger partial charge in [0.2, 0.25) is 0 Å². The van der Waals surface area contributed by atoms with Crippen LogP contribution in [0.4, 0.5) is 5.69 Å². The molecule has 140 valence electrons. The zero-order valence-corrected chi connectivity index (χ0v) is 15.5. The van der Waals surface area contributed by atoms with Crippen LogP contribution in [0.2, 0.25) is 0 Å². The minimum Gasteiger partial charge on any atom is -0.321 e. The highest BCUT2D eigenvalue weighted by Crippen LogP contribution is 2.22. The van der Waals surface area contributed by atoms with Crippen LogP contribution in [-0.2, 0) is 6.54 Å². The molecule has 1 N–H and O–H groups in total. The Morgan fingerprint density at radius 2 is 1.69 bits per heavy atom. The molecule has 0 fully saturated rings. The number of nitrogens with zero attached hydrogens (tertiary/aromatic N) is 4. The fraction of sp³-hybridized carbons (Fsp3) is 0.0435. The molecule has 1 amide bonds. The molecule has 0 saturated carbocycles. The van der Waals surface area contributed by atoms with Crippen LogP contribution in [0.25, 0.3) is 21.9 Å². The SMILES string of the molecule is O=C(Nc1cccc2ncccc12)c1ccc(Cn2nnc3ccccc32)cc1. The van der Waals surface area contributed by atoms with Crippen molar-refractivity contribution in [1.82, 2.24) is 20.0 Å². The summed E-state index contributed by atoms with van der Waals surface area (Å²) in [4.78, 5) is 17.0. The summed E-state index contributed by atoms with van der Waals surface area (Å²) in [6.45, 7) is 0.595. The van der Waals surface area contributed by atoms with Crippen molar-refractivity contribution in [3.05, 3.63) is 96.2 Å². The molecular weight excluding hydrogens is 362 g/mol. The summed E-state index contributed by atoms with van der Waals surface area (Å²) in [5, 5.41) is 12.3. The summed E-state index contributed by atoms with van der Waals surface area (Å²) in [6, 6.07) is 24.9. The van der Waals surface area contributed by atoms with Crippen molar-refractivity contribution in [1.29, 1.82) is 0 Å². The number of aromatic nitrogens is 4. The molecule has 0 atom stereocenters. The van der Waals surface area contributed by atoms with Crippen molar-refractivity contribution in [3.8, 4) is 0 Å². The van der Waals surface area contributed by atoms with E-state index in [-0.39, 0.29) is 5.91 Å². The van der Waals surface area contributed by atoms with Gasteiger partial charge in [-0.2, -0.15) is 0 Å². The van der Waals surface area contributed by atoms with E-state index in [1.807, 2.05) is 83.5 Å². The van der Waals surface area contributed by atoms with Crippen LogP contribution < -0.4 is 5.32 Å². The van der Waals surface area contributed by atoms with Gasteiger partial charge in [-0.05, 0) is 54.1 Å². The molecular formula is C23H17N5O. The van der Waals surface area contributed by atoms with Gasteiger partial charge in [-0.1, -0.05) is 35.5 Å². The van der Waals surface area contributed by atoms with Gasteiger partial charge in [0.1, 0.15) is 5.52 Å². The third-order valence-corrected chi connectivity index (χ3v) is 4.86. The third kappa shape index (κ3) is 3.32. The van der Waals surface area contributed by atoms with Crippen LogP contribution in [-0.4, -0.2) is 25.9 Å². The number of nitrogens with one attached hydrogen (secondary N) is 1. The molecule has 0 aliphatic heterocycles. The van der Waals surface area contributed by atoms with Crippen LogP contribution >= 0.6 is 0 Å². The molecule has 0 saturated heterocycles. The van der Waals surface area contributed by atoms with Gasteiger partial charge in [-0.25, -0.2) is 4.68 Å². The zero-order chi connectivity index (χ0) is 19.6. The molecule has 29 heavy (non-hydrogen) atoms. The van der Waals surface area contributed by atoms with Gasteiger partial charge in [0, 0.05) is 17.1 Å². The molecule has 0 radical (unpaired) electrons. The van der Waals surface area contributed by atoms with Gasteiger partial charge in [0.05, 0.1) is 23.3 Å². The molecule has 0 aliphatic rings. The first kappa shape index (κ1) is 17.1. The Hall–Kier alpha value is -4.06. The van der Waals surface area contributed by atoms with E-state index in [0.717, 1.165) is 33.2 Å². The minimum absolute atomic E-state index is 0.154. The molecule has 6 nitrogen and oxygen atoms in total. The van der Waals surface area contributed by atoms with Crippen molar-refractivity contribution in [2.24, 2.45) is 0 Å². The number of benzene rings is 3. The Bertz CT molecular complexity index is 1320. The quantitative estimate of drug-likeness (QED) is 0.506. The number of pyridine rings is 1. The molecule has 0 spiro atoms. The predicted molar refractivity (Wildman–Crippen MR) is 113 cm³/mol. The van der Waals surface area contributed by atoms with E-state index in [4.69, 9.17) is 0 Å². The van der Waals surface area contributed by atoms with Gasteiger partial charge in [-0.15, -0.1) is 5.10 Å². The lowest BCUT2D eigenvalue weighted by molar-refractivity contribution is 0.102. The number of fused-ring (bicyclic) bond motifs is 2. The second-order valence-electron chi connectivity index (χ2n) is 6.76. The number of hydrogen-bond acceptors (Lipinski definition) is 4. The van der Waals surface area contributed by atoms with Gasteiger partial charge in [-0.3, -0.25) is 9.78 Å². The summed E-state index contributed by atoms with van der Waals surface area (Å²) >= 11 is 0. The fourth-order valence-electron chi connectivity index (χ4n) is 3.38. The van der Waals surface area contributed by atoms with E-state index in [1.165, 1.54) is 0 Å². The zero-order valence-electron chi connectivity index (χ0n) is 15.5. The first-order valence-corrected chi connectivity index (χ1v) is 9.30. The number of amides is 1. The van der Waals surface area contributed by atoms with E-state index >= 15 is 0 Å². The van der Waals surface area contributed by atoms with E-state index in [2.05, 4.69) is 20.6 Å². The van der Waals surface area contributed by atoms with E-state index in [0.29, 0.717) is 12.1 Å². The van der Waals surface area contributed by atoms with Crippen molar-refractivity contribution < 1.29 is 4.79 Å². The fourth-order valence-corrected chi connectivity index (χ4v) is 3.38. The second kappa shape index (κ2) is 7.16. The molecule has 3 aromatic carbocycles. The number of carbonyl (C=O) groups excluding carboxylic acids is 1. The Balaban J connectivity index is 1.35. The van der Waals surface area contributed by atoms with Crippen LogP contribution in [0, 0.1) is 0 Å². The molecule has 5 aromatic rings. The van der Waals surface area contributed by atoms with Gasteiger partial charge >= 0.3 is 0 Å². The Labute approximate surface area is 166 Å². The number of anilines is 1. The highest BCUT2D eigenvalue weighted by Gasteiger charge is 2.10. The van der Waals surface area contributed by atoms with E-state index in [1.54, 1.807) is 6.20 Å². The maximum absolute atomic E-state index is 12.7.